The van der Waals surface area contributed by atoms with Gasteiger partial charge < -0.3 is 19.1 Å². The van der Waals surface area contributed by atoms with Crippen molar-refractivity contribution in [2.45, 2.75) is 54.7 Å². The lowest BCUT2D eigenvalue weighted by Gasteiger charge is -2.38. The molecule has 1 saturated heterocycles. The van der Waals surface area contributed by atoms with Crippen LogP contribution in [-0.4, -0.2) is 80.9 Å². The second-order valence-electron chi connectivity index (χ2n) is 13.1. The van der Waals surface area contributed by atoms with Gasteiger partial charge in [-0.15, -0.1) is 0 Å². The summed E-state index contributed by atoms with van der Waals surface area (Å²) >= 11 is 0. The summed E-state index contributed by atoms with van der Waals surface area (Å²) in [7, 11) is -8.54. The topological polar surface area (TPSA) is 174 Å². The molecule has 51 heavy (non-hydrogen) atoms. The zero-order valence-corrected chi connectivity index (χ0v) is 29.8. The Kier molecular flexibility index (Phi) is 10.1. The molecular formula is C36H37N5O8S2. The van der Waals surface area contributed by atoms with Crippen molar-refractivity contribution >= 4 is 53.6 Å². The largest absolute Gasteiger partial charge is 0.458 e. The van der Waals surface area contributed by atoms with Crippen molar-refractivity contribution in [3.63, 3.8) is 0 Å². The number of aromatic nitrogens is 2. The summed E-state index contributed by atoms with van der Waals surface area (Å²) in [6.07, 6.45) is 5.96. The summed E-state index contributed by atoms with van der Waals surface area (Å²) in [4.78, 5) is 36.9. The Balaban J connectivity index is 1.30. The first-order chi connectivity index (χ1) is 24.2. The predicted molar refractivity (Wildman–Crippen MR) is 190 cm³/mol. The van der Waals surface area contributed by atoms with E-state index in [1.165, 1.54) is 41.6 Å². The fourth-order valence-corrected chi connectivity index (χ4v) is 8.48. The SMILES string of the molecule is CC(C)(C)OC(=O)C1CNCCN1C(=O)[C@H](Cc1ccc(OS(=O)(=O)c2cccc3cnccc23)cc1)NS(=O)(=O)c1cccc2cnccc12. The van der Waals surface area contributed by atoms with Crippen LogP contribution in [0.5, 0.6) is 5.75 Å². The van der Waals surface area contributed by atoms with Crippen molar-refractivity contribution in [3.8, 4) is 5.75 Å². The van der Waals surface area contributed by atoms with Crippen LogP contribution in [-0.2, 0) is 40.9 Å². The van der Waals surface area contributed by atoms with Gasteiger partial charge in [0.05, 0.1) is 4.90 Å². The van der Waals surface area contributed by atoms with Crippen molar-refractivity contribution in [2.75, 3.05) is 19.6 Å². The van der Waals surface area contributed by atoms with Crippen molar-refractivity contribution in [2.24, 2.45) is 0 Å². The number of nitrogens with zero attached hydrogens (tertiary/aromatic N) is 3. The third-order valence-electron chi connectivity index (χ3n) is 8.21. The fraction of sp³-hybridized carbons (Fsp3) is 0.278. The van der Waals surface area contributed by atoms with E-state index in [4.69, 9.17) is 8.92 Å². The van der Waals surface area contributed by atoms with Crippen molar-refractivity contribution in [1.29, 1.82) is 0 Å². The molecule has 266 valence electrons. The van der Waals surface area contributed by atoms with Crippen LogP contribution < -0.4 is 14.2 Å². The molecule has 1 fully saturated rings. The maximum atomic E-state index is 14.3. The quantitative estimate of drug-likeness (QED) is 0.159. The lowest BCUT2D eigenvalue weighted by atomic mass is 10.0. The van der Waals surface area contributed by atoms with Gasteiger partial charge >= 0.3 is 16.1 Å². The molecule has 1 amide bonds. The highest BCUT2D eigenvalue weighted by molar-refractivity contribution is 7.89. The minimum atomic E-state index is -4.30. The maximum Gasteiger partial charge on any atom is 0.339 e. The number of hydrogen-bond donors (Lipinski definition) is 2. The molecule has 6 rings (SSSR count). The third-order valence-corrected chi connectivity index (χ3v) is 11.0. The van der Waals surface area contributed by atoms with Crippen LogP contribution in [0.4, 0.5) is 0 Å². The monoisotopic (exact) mass is 731 g/mol. The summed E-state index contributed by atoms with van der Waals surface area (Å²) in [5.41, 5.74) is -0.307. The molecule has 2 atom stereocenters. The Morgan fingerprint density at radius 3 is 2.12 bits per heavy atom. The van der Waals surface area contributed by atoms with Crippen LogP contribution in [0, 0.1) is 0 Å². The van der Waals surface area contributed by atoms with E-state index in [-0.39, 0.29) is 35.1 Å². The van der Waals surface area contributed by atoms with Crippen LogP contribution in [0.2, 0.25) is 0 Å². The van der Waals surface area contributed by atoms with E-state index < -0.39 is 49.7 Å². The van der Waals surface area contributed by atoms with Crippen LogP contribution >= 0.6 is 0 Å². The van der Waals surface area contributed by atoms with Crippen molar-refractivity contribution in [1.82, 2.24) is 24.9 Å². The van der Waals surface area contributed by atoms with E-state index in [0.29, 0.717) is 33.7 Å². The average molecular weight is 732 g/mol. The summed E-state index contributed by atoms with van der Waals surface area (Å²) in [6.45, 7) is 5.82. The Morgan fingerprint density at radius 2 is 1.49 bits per heavy atom. The number of sulfonamides is 1. The maximum absolute atomic E-state index is 14.3. The number of pyridine rings is 2. The Labute approximate surface area is 296 Å². The number of fused-ring (bicyclic) bond motifs is 2. The van der Waals surface area contributed by atoms with Crippen LogP contribution in [0.1, 0.15) is 26.3 Å². The molecule has 0 bridgehead atoms. The molecule has 1 aliphatic rings. The number of hydrogen-bond acceptors (Lipinski definition) is 11. The standard InChI is InChI=1S/C36H37N5O8S2/c1-36(2,3)48-35(43)31-23-39-18-19-41(31)34(42)30(40-50(44,45)32-8-4-6-25-21-37-16-14-28(25)32)20-24-10-12-27(13-11-24)49-51(46,47)33-9-5-7-26-22-38-17-15-29(26)33/h4-17,21-22,30-31,39-40H,18-20,23H2,1-3H3/t30-,31?/m0/s1. The molecule has 0 radical (unpaired) electrons. The third kappa shape index (κ3) is 8.17. The van der Waals surface area contributed by atoms with Crippen LogP contribution in [0.25, 0.3) is 21.5 Å². The van der Waals surface area contributed by atoms with Gasteiger partial charge in [0.15, 0.2) is 0 Å². The number of amides is 1. The molecule has 15 heteroatoms. The van der Waals surface area contributed by atoms with Gasteiger partial charge in [0.1, 0.15) is 28.3 Å². The number of nitrogens with one attached hydrogen (secondary N) is 2. The van der Waals surface area contributed by atoms with Gasteiger partial charge in [-0.2, -0.15) is 13.1 Å². The zero-order valence-electron chi connectivity index (χ0n) is 28.1. The molecule has 5 aromatic rings. The highest BCUT2D eigenvalue weighted by atomic mass is 32.2. The van der Waals surface area contributed by atoms with Crippen molar-refractivity contribution in [3.05, 3.63) is 103 Å². The molecule has 0 aliphatic carbocycles. The number of piperazine rings is 1. The van der Waals surface area contributed by atoms with E-state index in [1.54, 1.807) is 81.7 Å². The van der Waals surface area contributed by atoms with Gasteiger partial charge in [0.25, 0.3) is 0 Å². The van der Waals surface area contributed by atoms with E-state index in [1.807, 2.05) is 0 Å². The van der Waals surface area contributed by atoms with Gasteiger partial charge in [0.2, 0.25) is 15.9 Å². The molecule has 3 aromatic carbocycles. The van der Waals surface area contributed by atoms with E-state index in [0.717, 1.165) is 0 Å². The molecular weight excluding hydrogens is 695 g/mol. The first kappa shape index (κ1) is 35.9. The number of benzene rings is 3. The molecule has 1 aliphatic heterocycles. The smallest absolute Gasteiger partial charge is 0.339 e. The Morgan fingerprint density at radius 1 is 0.882 bits per heavy atom. The highest BCUT2D eigenvalue weighted by Crippen LogP contribution is 2.27. The summed E-state index contributed by atoms with van der Waals surface area (Å²) in [5, 5.41) is 5.22. The fourth-order valence-electron chi connectivity index (χ4n) is 5.91. The minimum absolute atomic E-state index is 0.0183. The number of carbonyl (C=O) groups is 2. The highest BCUT2D eigenvalue weighted by Gasteiger charge is 2.39. The molecule has 0 spiro atoms. The van der Waals surface area contributed by atoms with Gasteiger partial charge in [-0.1, -0.05) is 36.4 Å². The molecule has 2 N–H and O–H groups in total. The van der Waals surface area contributed by atoms with Gasteiger partial charge in [-0.3, -0.25) is 14.8 Å². The Hall–Kier alpha value is -4.96. The Bertz CT molecular complexity index is 2300. The summed E-state index contributed by atoms with van der Waals surface area (Å²) in [5.74, 6) is -1.22. The second-order valence-corrected chi connectivity index (χ2v) is 16.2. The molecule has 1 unspecified atom stereocenters. The number of esters is 1. The first-order valence-electron chi connectivity index (χ1n) is 16.2. The molecule has 0 saturated carbocycles. The lowest BCUT2D eigenvalue weighted by molar-refractivity contribution is -0.166. The average Bonchev–Trinajstić information content (AvgIpc) is 3.10. The predicted octanol–water partition coefficient (Wildman–Crippen LogP) is 3.58. The molecule has 3 heterocycles. The minimum Gasteiger partial charge on any atom is -0.458 e. The molecule has 13 nitrogen and oxygen atoms in total. The normalized spacial score (nSPS) is 16.1. The van der Waals surface area contributed by atoms with Crippen molar-refractivity contribution < 1.29 is 35.3 Å². The van der Waals surface area contributed by atoms with E-state index in [2.05, 4.69) is 20.0 Å². The summed E-state index contributed by atoms with van der Waals surface area (Å²) < 4.78 is 68.2. The summed E-state index contributed by atoms with van der Waals surface area (Å²) in [6, 6.07) is 16.4. The number of ether oxygens (including phenoxy) is 1. The molecule has 2 aromatic heterocycles. The van der Waals surface area contributed by atoms with E-state index >= 15 is 0 Å². The van der Waals surface area contributed by atoms with Crippen LogP contribution in [0.15, 0.2) is 107 Å². The van der Waals surface area contributed by atoms with Crippen LogP contribution in [0.3, 0.4) is 0 Å². The lowest BCUT2D eigenvalue weighted by Crippen LogP contribution is -2.62. The van der Waals surface area contributed by atoms with Gasteiger partial charge in [0, 0.05) is 66.0 Å². The van der Waals surface area contributed by atoms with Gasteiger partial charge in [-0.05, 0) is 69.2 Å². The number of rotatable bonds is 10. The first-order valence-corrected chi connectivity index (χ1v) is 19.1. The zero-order chi connectivity index (χ0) is 36.4. The number of carbonyl (C=O) groups excluding carboxylic acids is 2. The van der Waals surface area contributed by atoms with E-state index in [9.17, 15) is 26.4 Å². The second kappa shape index (κ2) is 14.3. The van der Waals surface area contributed by atoms with Gasteiger partial charge in [-0.25, -0.2) is 13.2 Å².